The second-order valence-electron chi connectivity index (χ2n) is 6.26. The predicted octanol–water partition coefficient (Wildman–Crippen LogP) is 1.00. The monoisotopic (exact) mass is 341 g/mol. The molecule has 1 aliphatic heterocycles. The normalized spacial score (nSPS) is 15.0. The molecule has 0 unspecified atom stereocenters. The molecular formula is C20H25N2O3+. The van der Waals surface area contributed by atoms with Crippen LogP contribution < -0.4 is 14.4 Å². The minimum Gasteiger partial charge on any atom is -0.497 e. The highest BCUT2D eigenvalue weighted by Gasteiger charge is 2.23. The molecule has 0 spiro atoms. The van der Waals surface area contributed by atoms with Crippen LogP contribution in [0.15, 0.2) is 54.6 Å². The lowest BCUT2D eigenvalue weighted by Gasteiger charge is -2.32. The Morgan fingerprint density at radius 3 is 2.32 bits per heavy atom. The Morgan fingerprint density at radius 2 is 1.68 bits per heavy atom. The van der Waals surface area contributed by atoms with Gasteiger partial charge < -0.3 is 19.3 Å². The first-order valence-electron chi connectivity index (χ1n) is 8.67. The molecule has 3 rings (SSSR count). The van der Waals surface area contributed by atoms with Crippen molar-refractivity contribution in [2.24, 2.45) is 0 Å². The number of nitrogens with zero attached hydrogens (tertiary/aromatic N) is 1. The molecule has 1 saturated heterocycles. The van der Waals surface area contributed by atoms with Crippen LogP contribution in [-0.4, -0.2) is 50.7 Å². The van der Waals surface area contributed by atoms with Crippen LogP contribution in [0.2, 0.25) is 0 Å². The van der Waals surface area contributed by atoms with Crippen molar-refractivity contribution in [3.8, 4) is 11.5 Å². The van der Waals surface area contributed by atoms with Gasteiger partial charge in [0, 0.05) is 5.56 Å². The van der Waals surface area contributed by atoms with Crippen molar-refractivity contribution in [2.75, 3.05) is 39.9 Å². The molecule has 0 saturated carbocycles. The zero-order valence-corrected chi connectivity index (χ0v) is 14.6. The molecule has 1 aliphatic rings. The van der Waals surface area contributed by atoms with E-state index in [9.17, 15) is 4.79 Å². The van der Waals surface area contributed by atoms with E-state index in [4.69, 9.17) is 9.47 Å². The summed E-state index contributed by atoms with van der Waals surface area (Å²) in [5.41, 5.74) is 1.29. The third kappa shape index (κ3) is 4.97. The average molecular weight is 341 g/mol. The van der Waals surface area contributed by atoms with E-state index in [1.165, 1.54) is 10.5 Å². The van der Waals surface area contributed by atoms with Crippen molar-refractivity contribution in [3.63, 3.8) is 0 Å². The van der Waals surface area contributed by atoms with Crippen LogP contribution >= 0.6 is 0 Å². The van der Waals surface area contributed by atoms with Gasteiger partial charge in [0.1, 0.15) is 18.0 Å². The third-order valence-electron chi connectivity index (χ3n) is 4.54. The molecule has 1 fully saturated rings. The quantitative estimate of drug-likeness (QED) is 0.853. The van der Waals surface area contributed by atoms with E-state index in [-0.39, 0.29) is 12.5 Å². The van der Waals surface area contributed by atoms with E-state index < -0.39 is 0 Å². The van der Waals surface area contributed by atoms with E-state index in [1.807, 2.05) is 47.4 Å². The Bertz CT molecular complexity index is 665. The molecule has 0 atom stereocenters. The highest BCUT2D eigenvalue weighted by molar-refractivity contribution is 5.77. The van der Waals surface area contributed by atoms with E-state index in [0.29, 0.717) is 0 Å². The Kier molecular flexibility index (Phi) is 5.90. The van der Waals surface area contributed by atoms with Crippen molar-refractivity contribution in [1.82, 2.24) is 4.90 Å². The molecule has 1 amide bonds. The first-order chi connectivity index (χ1) is 12.2. The van der Waals surface area contributed by atoms with Gasteiger partial charge in [-0.2, -0.15) is 0 Å². The second-order valence-corrected chi connectivity index (χ2v) is 6.26. The number of hydrogen-bond donors (Lipinski definition) is 1. The fraction of sp³-hybridized carbons (Fsp3) is 0.350. The fourth-order valence-electron chi connectivity index (χ4n) is 3.03. The molecule has 25 heavy (non-hydrogen) atoms. The minimum atomic E-state index is 0.0624. The van der Waals surface area contributed by atoms with Gasteiger partial charge in [-0.3, -0.25) is 4.79 Å². The number of quaternary nitrogens is 1. The first-order valence-corrected chi connectivity index (χ1v) is 8.67. The van der Waals surface area contributed by atoms with E-state index in [1.54, 1.807) is 7.11 Å². The van der Waals surface area contributed by atoms with Crippen molar-refractivity contribution in [1.29, 1.82) is 0 Å². The smallest absolute Gasteiger partial charge is 0.260 e. The summed E-state index contributed by atoms with van der Waals surface area (Å²) < 4.78 is 10.7. The molecule has 0 bridgehead atoms. The number of benzene rings is 2. The standard InChI is InChI=1S/C20H24N2O3/c1-24-18-9-7-17(8-10-18)15-21-11-13-22(14-12-21)20(23)16-25-19-5-3-2-4-6-19/h2-10H,11-16H2,1H3/p+1. The van der Waals surface area contributed by atoms with Crippen LogP contribution in [0.25, 0.3) is 0 Å². The summed E-state index contributed by atoms with van der Waals surface area (Å²) in [7, 11) is 1.68. The maximum Gasteiger partial charge on any atom is 0.260 e. The van der Waals surface area contributed by atoms with Gasteiger partial charge in [0.25, 0.3) is 5.91 Å². The number of rotatable bonds is 6. The number of methoxy groups -OCH3 is 1. The zero-order valence-electron chi connectivity index (χ0n) is 14.6. The first kappa shape index (κ1) is 17.3. The van der Waals surface area contributed by atoms with E-state index in [0.717, 1.165) is 44.2 Å². The maximum atomic E-state index is 12.3. The molecule has 2 aromatic rings. The Labute approximate surface area is 148 Å². The van der Waals surface area contributed by atoms with Crippen molar-refractivity contribution in [2.45, 2.75) is 6.54 Å². The summed E-state index contributed by atoms with van der Waals surface area (Å²) >= 11 is 0. The molecule has 132 valence electrons. The molecule has 5 heteroatoms. The van der Waals surface area contributed by atoms with E-state index in [2.05, 4.69) is 12.1 Å². The number of para-hydroxylation sites is 1. The lowest BCUT2D eigenvalue weighted by molar-refractivity contribution is -0.917. The molecule has 1 heterocycles. The Balaban J connectivity index is 1.42. The van der Waals surface area contributed by atoms with Crippen molar-refractivity contribution >= 4 is 5.91 Å². The summed E-state index contributed by atoms with van der Waals surface area (Å²) in [5, 5.41) is 0. The molecular weight excluding hydrogens is 316 g/mol. The van der Waals surface area contributed by atoms with Gasteiger partial charge >= 0.3 is 0 Å². The van der Waals surface area contributed by atoms with Gasteiger partial charge in [-0.25, -0.2) is 0 Å². The molecule has 0 aliphatic carbocycles. The number of carbonyl (C=O) groups excluding carboxylic acids is 1. The van der Waals surface area contributed by atoms with Crippen LogP contribution in [0.1, 0.15) is 5.56 Å². The van der Waals surface area contributed by atoms with Crippen LogP contribution in [0.5, 0.6) is 11.5 Å². The summed E-state index contributed by atoms with van der Waals surface area (Å²) in [6, 6.07) is 17.7. The minimum absolute atomic E-state index is 0.0624. The summed E-state index contributed by atoms with van der Waals surface area (Å²) in [5.74, 6) is 1.68. The lowest BCUT2D eigenvalue weighted by Crippen LogP contribution is -3.13. The molecule has 5 nitrogen and oxygen atoms in total. The van der Waals surface area contributed by atoms with Crippen molar-refractivity contribution < 1.29 is 19.2 Å². The average Bonchev–Trinajstić information content (AvgIpc) is 2.68. The SMILES string of the molecule is COc1ccc(C[NH+]2CCN(C(=O)COc3ccccc3)CC2)cc1. The van der Waals surface area contributed by atoms with Crippen molar-refractivity contribution in [3.05, 3.63) is 60.2 Å². The highest BCUT2D eigenvalue weighted by Crippen LogP contribution is 2.11. The number of hydrogen-bond acceptors (Lipinski definition) is 3. The number of nitrogens with one attached hydrogen (secondary N) is 1. The van der Waals surface area contributed by atoms with E-state index >= 15 is 0 Å². The van der Waals surface area contributed by atoms with Gasteiger partial charge in [0.2, 0.25) is 0 Å². The van der Waals surface area contributed by atoms with Crippen LogP contribution in [0.3, 0.4) is 0 Å². The Morgan fingerprint density at radius 1 is 1.00 bits per heavy atom. The number of carbonyl (C=O) groups is 1. The van der Waals surface area contributed by atoms with Crippen LogP contribution in [-0.2, 0) is 11.3 Å². The molecule has 0 aromatic heterocycles. The van der Waals surface area contributed by atoms with Gasteiger partial charge in [-0.05, 0) is 36.4 Å². The summed E-state index contributed by atoms with van der Waals surface area (Å²) in [6.07, 6.45) is 0. The zero-order chi connectivity index (χ0) is 17.5. The number of ether oxygens (including phenoxy) is 2. The van der Waals surface area contributed by atoms with Crippen LogP contribution in [0.4, 0.5) is 0 Å². The third-order valence-corrected chi connectivity index (χ3v) is 4.54. The second kappa shape index (κ2) is 8.53. The maximum absolute atomic E-state index is 12.3. The molecule has 0 radical (unpaired) electrons. The largest absolute Gasteiger partial charge is 0.497 e. The number of piperazine rings is 1. The fourth-order valence-corrected chi connectivity index (χ4v) is 3.03. The Hall–Kier alpha value is -2.53. The summed E-state index contributed by atoms with van der Waals surface area (Å²) in [4.78, 5) is 15.7. The lowest BCUT2D eigenvalue weighted by atomic mass is 10.2. The number of amides is 1. The molecule has 2 aromatic carbocycles. The topological polar surface area (TPSA) is 43.2 Å². The highest BCUT2D eigenvalue weighted by atomic mass is 16.5. The summed E-state index contributed by atoms with van der Waals surface area (Å²) in [6.45, 7) is 4.57. The predicted molar refractivity (Wildman–Crippen MR) is 95.9 cm³/mol. The van der Waals surface area contributed by atoms with Gasteiger partial charge in [0.15, 0.2) is 6.61 Å². The van der Waals surface area contributed by atoms with Crippen LogP contribution in [0, 0.1) is 0 Å². The molecule has 1 N–H and O–H groups in total. The van der Waals surface area contributed by atoms with Gasteiger partial charge in [-0.1, -0.05) is 18.2 Å². The van der Waals surface area contributed by atoms with Gasteiger partial charge in [0.05, 0.1) is 33.3 Å². The van der Waals surface area contributed by atoms with Gasteiger partial charge in [-0.15, -0.1) is 0 Å².